The van der Waals surface area contributed by atoms with Crippen molar-refractivity contribution in [3.63, 3.8) is 0 Å². The summed E-state index contributed by atoms with van der Waals surface area (Å²) in [5.74, 6) is 0.878. The van der Waals surface area contributed by atoms with Crippen LogP contribution in [0.1, 0.15) is 36.8 Å². The summed E-state index contributed by atoms with van der Waals surface area (Å²) in [6.45, 7) is 3.54. The minimum atomic E-state index is 0. The minimum Gasteiger partial charge on any atom is -0.385 e. The minimum absolute atomic E-state index is 0. The number of methoxy groups -OCH3 is 1. The van der Waals surface area contributed by atoms with Gasteiger partial charge in [-0.2, -0.15) is 0 Å². The quantitative estimate of drug-likeness (QED) is 0.328. The SMILES string of the molecule is CN=C(NCc1ccccc1CN(C)C)NCC1(CCOC)CCC1.I. The van der Waals surface area contributed by atoms with E-state index < -0.39 is 0 Å². The first-order valence-electron chi connectivity index (χ1n) is 9.23. The summed E-state index contributed by atoms with van der Waals surface area (Å²) in [4.78, 5) is 6.58. The predicted molar refractivity (Wildman–Crippen MR) is 120 cm³/mol. The summed E-state index contributed by atoms with van der Waals surface area (Å²) in [5, 5.41) is 6.99. The summed E-state index contributed by atoms with van der Waals surface area (Å²) in [7, 11) is 7.82. The van der Waals surface area contributed by atoms with Crippen molar-refractivity contribution in [1.82, 2.24) is 15.5 Å². The summed E-state index contributed by atoms with van der Waals surface area (Å²) < 4.78 is 5.28. The Kier molecular flexibility index (Phi) is 10.5. The van der Waals surface area contributed by atoms with Crippen LogP contribution >= 0.6 is 24.0 Å². The van der Waals surface area contributed by atoms with E-state index in [1.54, 1.807) is 7.11 Å². The van der Waals surface area contributed by atoms with Crippen LogP contribution in [0.2, 0.25) is 0 Å². The second kappa shape index (κ2) is 11.8. The van der Waals surface area contributed by atoms with E-state index in [1.807, 2.05) is 7.05 Å². The van der Waals surface area contributed by atoms with Crippen molar-refractivity contribution in [2.24, 2.45) is 10.4 Å². The monoisotopic (exact) mass is 474 g/mol. The second-order valence-corrected chi connectivity index (χ2v) is 7.38. The van der Waals surface area contributed by atoms with Gasteiger partial charge in [0.15, 0.2) is 5.96 Å². The molecule has 1 saturated carbocycles. The van der Waals surface area contributed by atoms with Gasteiger partial charge in [-0.25, -0.2) is 0 Å². The number of benzene rings is 1. The largest absolute Gasteiger partial charge is 0.385 e. The molecule has 148 valence electrons. The van der Waals surface area contributed by atoms with Gasteiger partial charge in [0, 0.05) is 40.4 Å². The standard InChI is InChI=1S/C20H34N4O.HI/c1-21-19(23-16-20(10-7-11-20)12-13-25-4)22-14-17-8-5-6-9-18(17)15-24(2)3;/h5-6,8-9H,7,10-16H2,1-4H3,(H2,21,22,23);1H. The van der Waals surface area contributed by atoms with Crippen LogP contribution in [-0.4, -0.2) is 52.3 Å². The molecule has 1 aliphatic rings. The number of nitrogens with zero attached hydrogens (tertiary/aromatic N) is 2. The van der Waals surface area contributed by atoms with Gasteiger partial charge in [0.2, 0.25) is 0 Å². The number of nitrogens with one attached hydrogen (secondary N) is 2. The van der Waals surface area contributed by atoms with E-state index in [0.29, 0.717) is 5.41 Å². The maximum atomic E-state index is 5.28. The fourth-order valence-corrected chi connectivity index (χ4v) is 3.41. The smallest absolute Gasteiger partial charge is 0.191 e. The Hall–Kier alpha value is -0.860. The van der Waals surface area contributed by atoms with Crippen LogP contribution < -0.4 is 10.6 Å². The molecule has 0 aliphatic heterocycles. The summed E-state index contributed by atoms with van der Waals surface area (Å²) >= 11 is 0. The Morgan fingerprint density at radius 3 is 2.42 bits per heavy atom. The normalized spacial score (nSPS) is 16.0. The van der Waals surface area contributed by atoms with Crippen molar-refractivity contribution in [3.05, 3.63) is 35.4 Å². The molecule has 0 radical (unpaired) electrons. The molecule has 1 aliphatic carbocycles. The number of rotatable bonds is 9. The molecule has 0 atom stereocenters. The number of hydrogen-bond donors (Lipinski definition) is 2. The number of hydrogen-bond acceptors (Lipinski definition) is 3. The molecule has 26 heavy (non-hydrogen) atoms. The molecule has 0 unspecified atom stereocenters. The fraction of sp³-hybridized carbons (Fsp3) is 0.650. The van der Waals surface area contributed by atoms with Crippen molar-refractivity contribution in [3.8, 4) is 0 Å². The molecule has 6 heteroatoms. The maximum absolute atomic E-state index is 5.28. The molecule has 1 aromatic carbocycles. The van der Waals surface area contributed by atoms with E-state index in [1.165, 1.54) is 30.4 Å². The molecule has 0 amide bonds. The van der Waals surface area contributed by atoms with E-state index in [2.05, 4.69) is 58.9 Å². The fourth-order valence-electron chi connectivity index (χ4n) is 3.41. The van der Waals surface area contributed by atoms with Crippen LogP contribution in [0.4, 0.5) is 0 Å². The lowest BCUT2D eigenvalue weighted by Gasteiger charge is -2.42. The van der Waals surface area contributed by atoms with Gasteiger partial charge in [-0.05, 0) is 49.9 Å². The van der Waals surface area contributed by atoms with E-state index >= 15 is 0 Å². The van der Waals surface area contributed by atoms with E-state index in [9.17, 15) is 0 Å². The van der Waals surface area contributed by atoms with Gasteiger partial charge in [-0.15, -0.1) is 24.0 Å². The van der Waals surface area contributed by atoms with Crippen molar-refractivity contribution >= 4 is 29.9 Å². The van der Waals surface area contributed by atoms with Gasteiger partial charge in [0.25, 0.3) is 0 Å². The van der Waals surface area contributed by atoms with Crippen molar-refractivity contribution in [2.45, 2.75) is 38.8 Å². The highest BCUT2D eigenvalue weighted by molar-refractivity contribution is 14.0. The molecule has 0 heterocycles. The molecule has 0 bridgehead atoms. The number of guanidine groups is 1. The highest BCUT2D eigenvalue weighted by Gasteiger charge is 2.36. The molecule has 0 saturated heterocycles. The zero-order valence-electron chi connectivity index (χ0n) is 16.7. The second-order valence-electron chi connectivity index (χ2n) is 7.38. The third-order valence-electron chi connectivity index (χ3n) is 5.16. The third kappa shape index (κ3) is 7.04. The zero-order chi connectivity index (χ0) is 18.1. The molecule has 2 N–H and O–H groups in total. The lowest BCUT2D eigenvalue weighted by atomic mass is 9.67. The van der Waals surface area contributed by atoms with Crippen LogP contribution in [0.3, 0.4) is 0 Å². The molecule has 0 spiro atoms. The molecule has 5 nitrogen and oxygen atoms in total. The first-order chi connectivity index (χ1) is 12.1. The lowest BCUT2D eigenvalue weighted by Crippen LogP contribution is -2.46. The van der Waals surface area contributed by atoms with Gasteiger partial charge in [0.05, 0.1) is 0 Å². The van der Waals surface area contributed by atoms with Crippen LogP contribution in [0, 0.1) is 5.41 Å². The average Bonchev–Trinajstić information content (AvgIpc) is 2.57. The maximum Gasteiger partial charge on any atom is 0.191 e. The van der Waals surface area contributed by atoms with Crippen molar-refractivity contribution < 1.29 is 4.74 Å². The lowest BCUT2D eigenvalue weighted by molar-refractivity contribution is 0.0732. The molecule has 2 rings (SSSR count). The molecule has 1 aromatic rings. The van der Waals surface area contributed by atoms with Gasteiger partial charge in [-0.1, -0.05) is 30.7 Å². The van der Waals surface area contributed by atoms with Crippen LogP contribution in [0.15, 0.2) is 29.3 Å². The topological polar surface area (TPSA) is 48.9 Å². The van der Waals surface area contributed by atoms with Crippen molar-refractivity contribution in [1.29, 1.82) is 0 Å². The third-order valence-corrected chi connectivity index (χ3v) is 5.16. The number of halogens is 1. The number of ether oxygens (including phenoxy) is 1. The Labute approximate surface area is 176 Å². The first kappa shape index (κ1) is 23.2. The van der Waals surface area contributed by atoms with Crippen LogP contribution in [0.25, 0.3) is 0 Å². The van der Waals surface area contributed by atoms with Crippen LogP contribution in [-0.2, 0) is 17.8 Å². The van der Waals surface area contributed by atoms with Crippen molar-refractivity contribution in [2.75, 3.05) is 41.4 Å². The zero-order valence-corrected chi connectivity index (χ0v) is 19.0. The van der Waals surface area contributed by atoms with E-state index in [-0.39, 0.29) is 24.0 Å². The van der Waals surface area contributed by atoms with Gasteiger partial charge in [0.1, 0.15) is 0 Å². The van der Waals surface area contributed by atoms with Gasteiger partial charge in [-0.3, -0.25) is 4.99 Å². The summed E-state index contributed by atoms with van der Waals surface area (Å²) in [6, 6.07) is 8.58. The Morgan fingerprint density at radius 1 is 1.19 bits per heavy atom. The van der Waals surface area contributed by atoms with Gasteiger partial charge >= 0.3 is 0 Å². The first-order valence-corrected chi connectivity index (χ1v) is 9.23. The molecule has 1 fully saturated rings. The van der Waals surface area contributed by atoms with Crippen LogP contribution in [0.5, 0.6) is 0 Å². The highest BCUT2D eigenvalue weighted by Crippen LogP contribution is 2.43. The molecular formula is C20H35IN4O. The highest BCUT2D eigenvalue weighted by atomic mass is 127. The van der Waals surface area contributed by atoms with E-state index in [4.69, 9.17) is 4.74 Å². The summed E-state index contributed by atoms with van der Waals surface area (Å²) in [5.41, 5.74) is 3.05. The molecule has 0 aromatic heterocycles. The Bertz CT molecular complexity index is 558. The predicted octanol–water partition coefficient (Wildman–Crippen LogP) is 3.24. The van der Waals surface area contributed by atoms with E-state index in [0.717, 1.165) is 38.6 Å². The Balaban J connectivity index is 0.00000338. The molecular weight excluding hydrogens is 439 g/mol. The average molecular weight is 474 g/mol. The Morgan fingerprint density at radius 2 is 1.88 bits per heavy atom. The summed E-state index contributed by atoms with van der Waals surface area (Å²) in [6.07, 6.45) is 5.02. The number of aliphatic imine (C=N–C) groups is 1. The van der Waals surface area contributed by atoms with Gasteiger partial charge < -0.3 is 20.3 Å².